The lowest BCUT2D eigenvalue weighted by atomic mass is 9.85. The second-order valence-corrected chi connectivity index (χ2v) is 20.7. The Morgan fingerprint density at radius 2 is 1.51 bits per heavy atom. The Morgan fingerprint density at radius 1 is 0.845 bits per heavy atom. The van der Waals surface area contributed by atoms with Gasteiger partial charge >= 0.3 is 0 Å². The van der Waals surface area contributed by atoms with E-state index in [0.29, 0.717) is 51.3 Å². The van der Waals surface area contributed by atoms with Gasteiger partial charge in [0, 0.05) is 71.0 Å². The summed E-state index contributed by atoms with van der Waals surface area (Å²) in [4.78, 5) is 65.1. The van der Waals surface area contributed by atoms with Crippen LogP contribution >= 0.6 is 22.9 Å². The number of benzene rings is 4. The minimum absolute atomic E-state index is 0.00260. The lowest BCUT2D eigenvalue weighted by Gasteiger charge is -2.35. The molecule has 2 aliphatic heterocycles. The zero-order valence-electron chi connectivity index (χ0n) is 41.2. The van der Waals surface area contributed by atoms with Crippen LogP contribution in [0.1, 0.15) is 87.2 Å². The second kappa shape index (κ2) is 24.9. The highest BCUT2D eigenvalue weighted by atomic mass is 35.5. The van der Waals surface area contributed by atoms with Gasteiger partial charge in [-0.25, -0.2) is 4.98 Å². The topological polar surface area (TPSA) is 165 Å². The third-order valence-corrected chi connectivity index (χ3v) is 14.4. The number of thiazole rings is 1. The van der Waals surface area contributed by atoms with Crippen LogP contribution in [0, 0.1) is 12.3 Å². The molecule has 5 aromatic rings. The molecule has 3 atom stereocenters. The number of carbonyl (C=O) groups excluding carboxylic acids is 4. The molecule has 0 aliphatic carbocycles. The molecule has 4 N–H and O–H groups in total. The number of aromatic nitrogens is 1. The number of aliphatic hydroxyl groups is 1. The maximum absolute atomic E-state index is 14.1. The number of rotatable bonds is 20. The van der Waals surface area contributed by atoms with Crippen LogP contribution in [0.5, 0.6) is 11.5 Å². The average molecular weight is 1000 g/mol. The van der Waals surface area contributed by atoms with E-state index in [1.54, 1.807) is 23.5 Å². The Hall–Kier alpha value is -6.06. The predicted molar refractivity (Wildman–Crippen MR) is 281 cm³/mol. The van der Waals surface area contributed by atoms with E-state index < -0.39 is 29.5 Å². The molecular weight excluding hydrogens is 936 g/mol. The Bertz CT molecular complexity index is 2590. The van der Waals surface area contributed by atoms with E-state index in [2.05, 4.69) is 44.8 Å². The van der Waals surface area contributed by atoms with Crippen molar-refractivity contribution in [3.63, 3.8) is 0 Å². The summed E-state index contributed by atoms with van der Waals surface area (Å²) in [5, 5.41) is 26.5. The van der Waals surface area contributed by atoms with Gasteiger partial charge in [-0.15, -0.1) is 22.9 Å². The van der Waals surface area contributed by atoms with Gasteiger partial charge in [0.2, 0.25) is 23.6 Å². The van der Waals surface area contributed by atoms with Gasteiger partial charge in [0.1, 0.15) is 30.2 Å². The molecule has 0 saturated carbocycles. The predicted octanol–water partition coefficient (Wildman–Crippen LogP) is 8.30. The van der Waals surface area contributed by atoms with E-state index >= 15 is 0 Å². The molecule has 1 aromatic heterocycles. The first kappa shape index (κ1) is 52.8. The summed E-state index contributed by atoms with van der Waals surface area (Å²) in [6.45, 7) is 11.7. The molecule has 2 aliphatic rings. The van der Waals surface area contributed by atoms with Crippen LogP contribution in [0.2, 0.25) is 0 Å². The van der Waals surface area contributed by atoms with E-state index in [0.717, 1.165) is 74.9 Å². The van der Waals surface area contributed by atoms with Gasteiger partial charge in [0.15, 0.2) is 0 Å². The molecule has 0 bridgehead atoms. The molecule has 0 spiro atoms. The fourth-order valence-electron chi connectivity index (χ4n) is 9.26. The molecule has 13 nitrogen and oxygen atoms in total. The zero-order chi connectivity index (χ0) is 50.5. The number of nitrogens with one attached hydrogen (secondary N) is 2. The van der Waals surface area contributed by atoms with Crippen molar-refractivity contribution in [1.29, 1.82) is 0 Å². The highest BCUT2D eigenvalue weighted by Crippen LogP contribution is 2.36. The van der Waals surface area contributed by atoms with E-state index in [1.807, 2.05) is 105 Å². The summed E-state index contributed by atoms with van der Waals surface area (Å²) in [6.07, 6.45) is 1.41. The van der Waals surface area contributed by atoms with Gasteiger partial charge in [-0.1, -0.05) is 99.6 Å². The summed E-state index contributed by atoms with van der Waals surface area (Å²) in [5.74, 6) is 0.427. The number of likely N-dealkylation sites (tertiary alicyclic amines) is 1. The molecular formula is C56H67ClN6O7S. The first-order chi connectivity index (χ1) is 34.2. The number of aliphatic hydroxyl groups excluding tert-OH is 1. The smallest absolute Gasteiger partial charge is 0.246 e. The Labute approximate surface area is 426 Å². The number of aromatic hydroxyl groups is 1. The number of β-amino-alcohol motifs (C(OH)–C–C–N with tert-alkyl or cyclic N) is 1. The van der Waals surface area contributed by atoms with Crippen molar-refractivity contribution in [2.45, 2.75) is 91.0 Å². The first-order valence-corrected chi connectivity index (χ1v) is 26.0. The minimum atomic E-state index is -0.921. The molecule has 0 radical (unpaired) electrons. The maximum atomic E-state index is 14.1. The summed E-state index contributed by atoms with van der Waals surface area (Å²) in [7, 11) is 0. The van der Waals surface area contributed by atoms with Crippen molar-refractivity contribution in [3.8, 4) is 21.9 Å². The van der Waals surface area contributed by atoms with Crippen molar-refractivity contribution >= 4 is 57.7 Å². The second-order valence-electron chi connectivity index (χ2n) is 19.5. The standard InChI is InChI=1S/C56H67ClN6O7S/c1-38-52(71-37-59-38)43-16-14-39(15-17-43)35-58-54(68)48-34-45(65)36-63(48)55(69)53(56(2,3)4)60-49(66)12-8-9-13-50(67)62-30-28-61(29-31-62)32-33-70-46-24-20-42(21-25-46)51(41-18-22-44(64)23-19-41)47(26-27-57)40-10-6-5-7-11-40/h5-7,10-11,14-25,37,45,48,53,64-65H,8-9,12-13,26-36H2,1-4H3,(H,58,68)(H,60,66). The molecule has 4 amide bonds. The largest absolute Gasteiger partial charge is 0.508 e. The van der Waals surface area contributed by atoms with Crippen LogP contribution in [-0.2, 0) is 25.7 Å². The molecule has 3 heterocycles. The van der Waals surface area contributed by atoms with Crippen molar-refractivity contribution < 1.29 is 34.1 Å². The Balaban J connectivity index is 0.821. The fourth-order valence-corrected chi connectivity index (χ4v) is 10.3. The normalized spacial score (nSPS) is 17.1. The molecule has 376 valence electrons. The molecule has 2 fully saturated rings. The number of allylic oxidation sites excluding steroid dienone is 1. The third-order valence-electron chi connectivity index (χ3n) is 13.2. The highest BCUT2D eigenvalue weighted by Gasteiger charge is 2.44. The number of phenolic OH excluding ortho intramolecular Hbond substituents is 1. The van der Waals surface area contributed by atoms with Crippen LogP contribution < -0.4 is 15.4 Å². The molecule has 3 unspecified atom stereocenters. The third kappa shape index (κ3) is 14.3. The fraction of sp³-hybridized carbons (Fsp3) is 0.411. The van der Waals surface area contributed by atoms with Gasteiger partial charge in [-0.05, 0) is 94.8 Å². The van der Waals surface area contributed by atoms with Gasteiger partial charge < -0.3 is 35.4 Å². The number of amides is 4. The monoisotopic (exact) mass is 1000 g/mol. The van der Waals surface area contributed by atoms with Gasteiger partial charge in [-0.3, -0.25) is 24.1 Å². The Kier molecular flexibility index (Phi) is 18.5. The van der Waals surface area contributed by atoms with Gasteiger partial charge in [0.25, 0.3) is 0 Å². The lowest BCUT2D eigenvalue weighted by Crippen LogP contribution is -2.57. The van der Waals surface area contributed by atoms with Crippen LogP contribution in [0.15, 0.2) is 109 Å². The first-order valence-electron chi connectivity index (χ1n) is 24.6. The molecule has 71 heavy (non-hydrogen) atoms. The molecule has 15 heteroatoms. The minimum Gasteiger partial charge on any atom is -0.508 e. The van der Waals surface area contributed by atoms with Crippen LogP contribution in [0.25, 0.3) is 21.6 Å². The number of aryl methyl sites for hydroxylation is 1. The van der Waals surface area contributed by atoms with Crippen molar-refractivity contribution in [2.75, 3.05) is 51.8 Å². The summed E-state index contributed by atoms with van der Waals surface area (Å²) in [5.41, 5.74) is 9.33. The Morgan fingerprint density at radius 3 is 2.14 bits per heavy atom. The van der Waals surface area contributed by atoms with Crippen molar-refractivity contribution in [3.05, 3.63) is 137 Å². The zero-order valence-corrected chi connectivity index (χ0v) is 42.8. The van der Waals surface area contributed by atoms with Crippen LogP contribution in [-0.4, -0.2) is 123 Å². The number of hydrogen-bond donors (Lipinski definition) is 4. The van der Waals surface area contributed by atoms with E-state index in [4.69, 9.17) is 16.3 Å². The average Bonchev–Trinajstić information content (AvgIpc) is 3.99. The van der Waals surface area contributed by atoms with Crippen molar-refractivity contribution in [2.24, 2.45) is 5.41 Å². The summed E-state index contributed by atoms with van der Waals surface area (Å²) < 4.78 is 6.18. The van der Waals surface area contributed by atoms with Crippen molar-refractivity contribution in [1.82, 2.24) is 30.3 Å². The summed E-state index contributed by atoms with van der Waals surface area (Å²) >= 11 is 7.90. The number of nitrogens with zero attached hydrogens (tertiary/aromatic N) is 4. The quantitative estimate of drug-likeness (QED) is 0.0341. The van der Waals surface area contributed by atoms with Gasteiger partial charge in [-0.2, -0.15) is 0 Å². The number of halogens is 1. The number of hydrogen-bond acceptors (Lipinski definition) is 10. The van der Waals surface area contributed by atoms with Crippen LogP contribution in [0.3, 0.4) is 0 Å². The lowest BCUT2D eigenvalue weighted by molar-refractivity contribution is -0.144. The molecule has 4 aromatic carbocycles. The summed E-state index contributed by atoms with van der Waals surface area (Å²) in [6, 6.07) is 31.6. The molecule has 2 saturated heterocycles. The molecule has 7 rings (SSSR count). The highest BCUT2D eigenvalue weighted by molar-refractivity contribution is 7.13. The van der Waals surface area contributed by atoms with Crippen LogP contribution in [0.4, 0.5) is 0 Å². The van der Waals surface area contributed by atoms with Gasteiger partial charge in [0.05, 0.1) is 22.2 Å². The van der Waals surface area contributed by atoms with E-state index in [-0.39, 0.29) is 49.4 Å². The number of phenols is 1. The van der Waals surface area contributed by atoms with E-state index in [1.165, 1.54) is 4.90 Å². The van der Waals surface area contributed by atoms with E-state index in [9.17, 15) is 29.4 Å². The maximum Gasteiger partial charge on any atom is 0.246 e. The number of alkyl halides is 1. The SMILES string of the molecule is Cc1ncsc1-c1ccc(CNC(=O)C2CC(O)CN2C(=O)C(NC(=O)CCCCC(=O)N2CCN(CCOc3ccc(C(=C(CCCl)c4ccccc4)c4ccc(O)cc4)cc3)CC2)C(C)(C)C)cc1. The number of piperazine rings is 1. The number of unbranched alkanes of at least 4 members (excludes halogenated alkanes) is 1. The number of carbonyl (C=O) groups is 4. The number of ether oxygens (including phenoxy) is 1.